The number of halogens is 2. The van der Waals surface area contributed by atoms with Crippen LogP contribution < -0.4 is 10.6 Å². The van der Waals surface area contributed by atoms with Crippen LogP contribution in [0.1, 0.15) is 62.2 Å². The fourth-order valence-corrected chi connectivity index (χ4v) is 6.16. The molecule has 4 amide bonds. The van der Waals surface area contributed by atoms with Gasteiger partial charge in [0, 0.05) is 48.7 Å². The number of carbonyl (C=O) groups is 3. The second-order valence-corrected chi connectivity index (χ2v) is 10.6. The first-order valence-electron chi connectivity index (χ1n) is 13.6. The number of urea groups is 2. The highest BCUT2D eigenvalue weighted by Gasteiger charge is 2.43. The van der Waals surface area contributed by atoms with Crippen LogP contribution in [0.15, 0.2) is 53.9 Å². The number of esters is 1. The average molecular weight is 554 g/mol. The molecule has 0 unspecified atom stereocenters. The normalized spacial score (nSPS) is 25.5. The van der Waals surface area contributed by atoms with E-state index >= 15 is 0 Å². The number of hydrogen-bond acceptors (Lipinski definition) is 6. The Labute approximate surface area is 231 Å². The molecule has 2 N–H and O–H groups in total. The topological polar surface area (TPSA) is 104 Å². The molecule has 40 heavy (non-hydrogen) atoms. The van der Waals surface area contributed by atoms with E-state index in [4.69, 9.17) is 4.74 Å². The molecule has 1 aromatic heterocycles. The number of aromatic nitrogens is 1. The second-order valence-electron chi connectivity index (χ2n) is 10.6. The van der Waals surface area contributed by atoms with Gasteiger partial charge in [-0.1, -0.05) is 12.1 Å². The fraction of sp³-hybridized carbons (Fsp3) is 0.448. The number of imide groups is 1. The summed E-state index contributed by atoms with van der Waals surface area (Å²) in [5, 5.41) is 5.46. The lowest BCUT2D eigenvalue weighted by atomic mass is 9.83. The molecule has 1 saturated carbocycles. The molecule has 3 heterocycles. The van der Waals surface area contributed by atoms with Crippen molar-refractivity contribution in [2.24, 2.45) is 0 Å². The van der Waals surface area contributed by atoms with Crippen LogP contribution in [0.5, 0.6) is 0 Å². The summed E-state index contributed by atoms with van der Waals surface area (Å²) in [7, 11) is 1.17. The highest BCUT2D eigenvalue weighted by atomic mass is 19.2. The number of amides is 4. The van der Waals surface area contributed by atoms with Gasteiger partial charge in [0.15, 0.2) is 11.6 Å². The molecule has 0 radical (unpaired) electrons. The zero-order valence-corrected chi connectivity index (χ0v) is 22.5. The van der Waals surface area contributed by atoms with Gasteiger partial charge in [-0.05, 0) is 68.9 Å². The Kier molecular flexibility index (Phi) is 8.11. The smallest absolute Gasteiger partial charge is 0.337 e. The van der Waals surface area contributed by atoms with Crippen LogP contribution >= 0.6 is 0 Å². The number of allylic oxidation sites excluding steroid dienone is 1. The van der Waals surface area contributed by atoms with Gasteiger partial charge < -0.3 is 15.4 Å². The predicted octanol–water partition coefficient (Wildman–Crippen LogP) is 4.38. The lowest BCUT2D eigenvalue weighted by molar-refractivity contribution is -0.136. The van der Waals surface area contributed by atoms with E-state index in [1.165, 1.54) is 20.1 Å². The van der Waals surface area contributed by atoms with E-state index in [0.29, 0.717) is 24.9 Å². The minimum atomic E-state index is -1.30. The first-order valence-corrected chi connectivity index (χ1v) is 13.6. The molecule has 3 aliphatic rings. The van der Waals surface area contributed by atoms with E-state index in [0.717, 1.165) is 55.0 Å². The lowest BCUT2D eigenvalue weighted by Gasteiger charge is -2.37. The quantitative estimate of drug-likeness (QED) is 0.533. The van der Waals surface area contributed by atoms with E-state index in [9.17, 15) is 23.2 Å². The number of benzene rings is 1. The molecule has 1 aromatic carbocycles. The van der Waals surface area contributed by atoms with Crippen LogP contribution in [-0.2, 0) is 9.53 Å². The number of ether oxygens (including phenoxy) is 1. The summed E-state index contributed by atoms with van der Waals surface area (Å²) in [5.74, 6) is -2.57. The molecule has 212 valence electrons. The van der Waals surface area contributed by atoms with Gasteiger partial charge in [-0.15, -0.1) is 0 Å². The summed E-state index contributed by atoms with van der Waals surface area (Å²) in [4.78, 5) is 47.0. The van der Waals surface area contributed by atoms with Crippen molar-refractivity contribution in [3.05, 3.63) is 76.8 Å². The van der Waals surface area contributed by atoms with E-state index in [-0.39, 0.29) is 22.9 Å². The number of carbonyl (C=O) groups excluding carboxylic acids is 3. The number of hydrogen-bond donors (Lipinski definition) is 2. The molecule has 5 rings (SSSR count). The van der Waals surface area contributed by atoms with Gasteiger partial charge >= 0.3 is 18.0 Å². The predicted molar refractivity (Wildman–Crippen MR) is 142 cm³/mol. The van der Waals surface area contributed by atoms with E-state index < -0.39 is 35.7 Å². The van der Waals surface area contributed by atoms with Crippen LogP contribution in [0, 0.1) is 11.6 Å². The van der Waals surface area contributed by atoms with Crippen molar-refractivity contribution >= 4 is 18.0 Å². The van der Waals surface area contributed by atoms with E-state index in [1.807, 2.05) is 18.3 Å². The molecule has 2 aromatic rings. The van der Waals surface area contributed by atoms with Crippen molar-refractivity contribution in [3.63, 3.8) is 0 Å². The van der Waals surface area contributed by atoms with Crippen molar-refractivity contribution < 1.29 is 27.9 Å². The molecular weight excluding hydrogens is 520 g/mol. The third kappa shape index (κ3) is 5.56. The van der Waals surface area contributed by atoms with Gasteiger partial charge in [-0.2, -0.15) is 0 Å². The summed E-state index contributed by atoms with van der Waals surface area (Å²) in [5.41, 5.74) is 1.34. The molecule has 0 spiro atoms. The lowest BCUT2D eigenvalue weighted by Crippen LogP contribution is -2.56. The molecule has 11 heteroatoms. The number of nitrogens with zero attached hydrogens (tertiary/aromatic N) is 3. The SMILES string of the molecule is COC(=O)C1=C(C)NC(=O)N(C(=O)N[C@@H]2CCN([C@H]3CC[C@H](c4ccccn4)CC3)C2)[C@H]1c1ccc(F)c(F)c1. The first kappa shape index (κ1) is 27.7. The molecule has 0 bridgehead atoms. The summed E-state index contributed by atoms with van der Waals surface area (Å²) in [6.45, 7) is 2.94. The first-order chi connectivity index (χ1) is 19.3. The summed E-state index contributed by atoms with van der Waals surface area (Å²) in [6, 6.07) is 6.45. The minimum absolute atomic E-state index is 0.0408. The number of pyridine rings is 1. The maximum Gasteiger partial charge on any atom is 0.337 e. The third-order valence-corrected chi connectivity index (χ3v) is 8.20. The van der Waals surface area contributed by atoms with Gasteiger partial charge in [-0.3, -0.25) is 9.88 Å². The van der Waals surface area contributed by atoms with E-state index in [2.05, 4.69) is 26.6 Å². The summed E-state index contributed by atoms with van der Waals surface area (Å²) in [6.07, 6.45) is 6.74. The van der Waals surface area contributed by atoms with Crippen molar-refractivity contribution in [2.45, 2.75) is 63.1 Å². The molecule has 1 saturated heterocycles. The number of methoxy groups -OCH3 is 1. The Morgan fingerprint density at radius 3 is 2.52 bits per heavy atom. The Hall–Kier alpha value is -3.86. The summed E-state index contributed by atoms with van der Waals surface area (Å²) >= 11 is 0. The van der Waals surface area contributed by atoms with Gasteiger partial charge in [0.05, 0.1) is 12.7 Å². The zero-order valence-electron chi connectivity index (χ0n) is 22.5. The van der Waals surface area contributed by atoms with Crippen LogP contribution in [-0.4, -0.2) is 65.1 Å². The van der Waals surface area contributed by atoms with Gasteiger partial charge in [0.2, 0.25) is 0 Å². The van der Waals surface area contributed by atoms with Crippen LogP contribution in [0.4, 0.5) is 18.4 Å². The van der Waals surface area contributed by atoms with Crippen molar-refractivity contribution in [2.75, 3.05) is 20.2 Å². The van der Waals surface area contributed by atoms with Gasteiger partial charge in [0.1, 0.15) is 6.04 Å². The third-order valence-electron chi connectivity index (χ3n) is 8.20. The van der Waals surface area contributed by atoms with Crippen molar-refractivity contribution in [3.8, 4) is 0 Å². The molecule has 2 atom stereocenters. The molecule has 9 nitrogen and oxygen atoms in total. The standard InChI is InChI=1S/C29H33F2N5O4/c1-17-25(27(37)40-2)26(19-8-11-22(30)23(31)15-19)36(28(38)33-17)29(39)34-20-12-14-35(16-20)21-9-6-18(7-10-21)24-5-3-4-13-32-24/h3-5,8,11,13,15,18,20-21,26H,6-7,9-10,12,14,16H2,1-2H3,(H,33,38)(H,34,39)/t18-,20-,21-,26+/m1/s1. The highest BCUT2D eigenvalue weighted by molar-refractivity contribution is 6.01. The van der Waals surface area contributed by atoms with Crippen LogP contribution in [0.2, 0.25) is 0 Å². The Balaban J connectivity index is 1.28. The number of nitrogens with one attached hydrogen (secondary N) is 2. The number of likely N-dealkylation sites (tertiary alicyclic amines) is 1. The highest BCUT2D eigenvalue weighted by Crippen LogP contribution is 2.36. The molecule has 2 fully saturated rings. The number of rotatable bonds is 5. The maximum atomic E-state index is 14.2. The molecule has 2 aliphatic heterocycles. The van der Waals surface area contributed by atoms with Gasteiger partial charge in [0.25, 0.3) is 0 Å². The van der Waals surface area contributed by atoms with Crippen molar-refractivity contribution in [1.29, 1.82) is 0 Å². The van der Waals surface area contributed by atoms with Crippen LogP contribution in [0.25, 0.3) is 0 Å². The Bertz CT molecular complexity index is 1310. The van der Waals surface area contributed by atoms with Gasteiger partial charge in [-0.25, -0.2) is 28.1 Å². The largest absolute Gasteiger partial charge is 0.466 e. The maximum absolute atomic E-state index is 14.2. The van der Waals surface area contributed by atoms with E-state index in [1.54, 1.807) is 0 Å². The minimum Gasteiger partial charge on any atom is -0.466 e. The fourth-order valence-electron chi connectivity index (χ4n) is 6.16. The monoisotopic (exact) mass is 553 g/mol. The second kappa shape index (κ2) is 11.7. The average Bonchev–Trinajstić information content (AvgIpc) is 3.42. The Morgan fingerprint density at radius 1 is 1.07 bits per heavy atom. The van der Waals surface area contributed by atoms with Crippen molar-refractivity contribution in [1.82, 2.24) is 25.4 Å². The molecular formula is C29H33F2N5O4. The van der Waals surface area contributed by atoms with Crippen LogP contribution in [0.3, 0.4) is 0 Å². The molecule has 1 aliphatic carbocycles. The zero-order chi connectivity index (χ0) is 28.4. The Morgan fingerprint density at radius 2 is 1.85 bits per heavy atom. The summed E-state index contributed by atoms with van der Waals surface area (Å²) < 4.78 is 32.8.